The second-order valence-corrected chi connectivity index (χ2v) is 6.95. The average molecular weight is 361 g/mol. The van der Waals surface area contributed by atoms with Crippen molar-refractivity contribution in [2.75, 3.05) is 11.8 Å². The molecule has 2 aromatic carbocycles. The number of aromatic nitrogens is 2. The molecule has 8 heteroatoms. The Balaban J connectivity index is 1.75. The lowest BCUT2D eigenvalue weighted by Crippen LogP contribution is -2.13. The first-order chi connectivity index (χ1) is 12.0. The van der Waals surface area contributed by atoms with Gasteiger partial charge in [0.25, 0.3) is 10.0 Å². The molecule has 0 atom stereocenters. The van der Waals surface area contributed by atoms with E-state index in [2.05, 4.69) is 9.82 Å². The highest BCUT2D eigenvalue weighted by atomic mass is 32.2. The standard InChI is InChI=1S/C17H16FN3O3S/c1-24-14-6-8-15(9-7-14)25(22,23)20-17-10-11-21(19-17)12-13-4-2-3-5-16(13)18/h2-11H,12H2,1H3,(H,19,20). The SMILES string of the molecule is COc1ccc(S(=O)(=O)Nc2ccn(Cc3ccccc3F)n2)cc1. The zero-order chi connectivity index (χ0) is 17.9. The number of sulfonamides is 1. The van der Waals surface area contributed by atoms with Gasteiger partial charge in [0, 0.05) is 17.8 Å². The van der Waals surface area contributed by atoms with E-state index in [1.807, 2.05) is 0 Å². The maximum Gasteiger partial charge on any atom is 0.263 e. The average Bonchev–Trinajstić information content (AvgIpc) is 3.03. The monoisotopic (exact) mass is 361 g/mol. The highest BCUT2D eigenvalue weighted by molar-refractivity contribution is 7.92. The molecule has 0 spiro atoms. The van der Waals surface area contributed by atoms with Gasteiger partial charge < -0.3 is 4.74 Å². The van der Waals surface area contributed by atoms with E-state index < -0.39 is 10.0 Å². The summed E-state index contributed by atoms with van der Waals surface area (Å²) in [6, 6.07) is 13.9. The molecule has 0 bridgehead atoms. The summed E-state index contributed by atoms with van der Waals surface area (Å²) in [4.78, 5) is 0.0944. The van der Waals surface area contributed by atoms with Crippen molar-refractivity contribution < 1.29 is 17.5 Å². The molecule has 0 fully saturated rings. The number of anilines is 1. The molecule has 130 valence electrons. The van der Waals surface area contributed by atoms with Crippen molar-refractivity contribution in [3.63, 3.8) is 0 Å². The van der Waals surface area contributed by atoms with Crippen LogP contribution >= 0.6 is 0 Å². The summed E-state index contributed by atoms with van der Waals surface area (Å²) in [5, 5.41) is 4.13. The van der Waals surface area contributed by atoms with Crippen LogP contribution < -0.4 is 9.46 Å². The van der Waals surface area contributed by atoms with Crippen LogP contribution in [0.15, 0.2) is 65.7 Å². The molecule has 1 N–H and O–H groups in total. The van der Waals surface area contributed by atoms with Crippen molar-refractivity contribution in [1.82, 2.24) is 9.78 Å². The molecule has 3 aromatic rings. The van der Waals surface area contributed by atoms with Gasteiger partial charge in [-0.15, -0.1) is 0 Å². The van der Waals surface area contributed by atoms with Crippen LogP contribution in [0.3, 0.4) is 0 Å². The smallest absolute Gasteiger partial charge is 0.263 e. The number of halogens is 1. The molecule has 6 nitrogen and oxygen atoms in total. The van der Waals surface area contributed by atoms with E-state index in [9.17, 15) is 12.8 Å². The first kappa shape index (κ1) is 17.0. The van der Waals surface area contributed by atoms with Crippen molar-refractivity contribution in [2.45, 2.75) is 11.4 Å². The lowest BCUT2D eigenvalue weighted by molar-refractivity contribution is 0.414. The molecular formula is C17H16FN3O3S. The van der Waals surface area contributed by atoms with Gasteiger partial charge in [-0.25, -0.2) is 12.8 Å². The Morgan fingerprint density at radius 1 is 1.12 bits per heavy atom. The van der Waals surface area contributed by atoms with Gasteiger partial charge in [-0.1, -0.05) is 18.2 Å². The van der Waals surface area contributed by atoms with Crippen molar-refractivity contribution in [2.24, 2.45) is 0 Å². The highest BCUT2D eigenvalue weighted by Gasteiger charge is 2.16. The summed E-state index contributed by atoms with van der Waals surface area (Å²) in [7, 11) is -2.26. The number of nitrogens with one attached hydrogen (secondary N) is 1. The van der Waals surface area contributed by atoms with Crippen LogP contribution in [0.2, 0.25) is 0 Å². The van der Waals surface area contributed by atoms with Gasteiger partial charge in [0.15, 0.2) is 5.82 Å². The predicted octanol–water partition coefficient (Wildman–Crippen LogP) is 2.88. The minimum atomic E-state index is -3.76. The van der Waals surface area contributed by atoms with E-state index in [1.165, 1.54) is 36.1 Å². The van der Waals surface area contributed by atoms with Crippen LogP contribution in [0.5, 0.6) is 5.75 Å². The molecule has 1 heterocycles. The summed E-state index contributed by atoms with van der Waals surface area (Å²) >= 11 is 0. The van der Waals surface area contributed by atoms with Crippen LogP contribution in [-0.4, -0.2) is 25.3 Å². The number of ether oxygens (including phenoxy) is 1. The van der Waals surface area contributed by atoms with Gasteiger partial charge in [0.1, 0.15) is 11.6 Å². The summed E-state index contributed by atoms with van der Waals surface area (Å²) in [6.07, 6.45) is 1.58. The minimum Gasteiger partial charge on any atom is -0.497 e. The third-order valence-electron chi connectivity index (χ3n) is 3.54. The Morgan fingerprint density at radius 3 is 2.52 bits per heavy atom. The first-order valence-electron chi connectivity index (χ1n) is 7.42. The van der Waals surface area contributed by atoms with Crippen molar-refractivity contribution in [1.29, 1.82) is 0 Å². The van der Waals surface area contributed by atoms with E-state index in [-0.39, 0.29) is 23.1 Å². The highest BCUT2D eigenvalue weighted by Crippen LogP contribution is 2.18. The van der Waals surface area contributed by atoms with E-state index in [1.54, 1.807) is 36.5 Å². The van der Waals surface area contributed by atoms with Crippen LogP contribution in [0.1, 0.15) is 5.56 Å². The molecule has 0 aliphatic rings. The van der Waals surface area contributed by atoms with E-state index in [4.69, 9.17) is 4.74 Å². The van der Waals surface area contributed by atoms with E-state index in [0.29, 0.717) is 11.3 Å². The molecule has 0 saturated carbocycles. The fraction of sp³-hybridized carbons (Fsp3) is 0.118. The van der Waals surface area contributed by atoms with Gasteiger partial charge >= 0.3 is 0 Å². The number of benzene rings is 2. The molecule has 0 radical (unpaired) electrons. The summed E-state index contributed by atoms with van der Waals surface area (Å²) in [5.74, 6) is 0.388. The molecule has 3 rings (SSSR count). The normalized spacial score (nSPS) is 11.3. The third kappa shape index (κ3) is 3.97. The summed E-state index contributed by atoms with van der Waals surface area (Å²) in [6.45, 7) is 0.205. The fourth-order valence-corrected chi connectivity index (χ4v) is 3.25. The number of hydrogen-bond acceptors (Lipinski definition) is 4. The molecule has 0 saturated heterocycles. The molecular weight excluding hydrogens is 345 g/mol. The quantitative estimate of drug-likeness (QED) is 0.733. The van der Waals surface area contributed by atoms with Gasteiger partial charge in [-0.05, 0) is 30.3 Å². The topological polar surface area (TPSA) is 73.2 Å². The number of methoxy groups -OCH3 is 1. The Kier molecular flexibility index (Phi) is 4.71. The molecule has 25 heavy (non-hydrogen) atoms. The Hall–Kier alpha value is -2.87. The second-order valence-electron chi connectivity index (χ2n) is 5.27. The Morgan fingerprint density at radius 2 is 1.84 bits per heavy atom. The maximum absolute atomic E-state index is 13.7. The zero-order valence-electron chi connectivity index (χ0n) is 13.4. The fourth-order valence-electron chi connectivity index (χ4n) is 2.26. The number of hydrogen-bond donors (Lipinski definition) is 1. The largest absolute Gasteiger partial charge is 0.497 e. The molecule has 0 amide bonds. The number of rotatable bonds is 6. The van der Waals surface area contributed by atoms with Crippen LogP contribution in [0.4, 0.5) is 10.2 Å². The Labute approximate surface area is 144 Å². The predicted molar refractivity (Wildman–Crippen MR) is 91.5 cm³/mol. The van der Waals surface area contributed by atoms with Gasteiger partial charge in [0.05, 0.1) is 18.6 Å². The van der Waals surface area contributed by atoms with E-state index in [0.717, 1.165) is 0 Å². The van der Waals surface area contributed by atoms with Crippen molar-refractivity contribution in [3.8, 4) is 5.75 Å². The van der Waals surface area contributed by atoms with E-state index >= 15 is 0 Å². The lowest BCUT2D eigenvalue weighted by atomic mass is 10.2. The van der Waals surface area contributed by atoms with Crippen molar-refractivity contribution in [3.05, 3.63) is 72.2 Å². The van der Waals surface area contributed by atoms with Crippen molar-refractivity contribution >= 4 is 15.8 Å². The van der Waals surface area contributed by atoms with Crippen LogP contribution in [-0.2, 0) is 16.6 Å². The Bertz CT molecular complexity index is 969. The van der Waals surface area contributed by atoms with Crippen LogP contribution in [0, 0.1) is 5.82 Å². The van der Waals surface area contributed by atoms with Crippen LogP contribution in [0.25, 0.3) is 0 Å². The first-order valence-corrected chi connectivity index (χ1v) is 8.90. The lowest BCUT2D eigenvalue weighted by Gasteiger charge is -2.07. The minimum absolute atomic E-state index is 0.0944. The third-order valence-corrected chi connectivity index (χ3v) is 4.91. The zero-order valence-corrected chi connectivity index (χ0v) is 14.2. The number of nitrogens with zero attached hydrogens (tertiary/aromatic N) is 2. The molecule has 0 unspecified atom stereocenters. The van der Waals surface area contributed by atoms with Gasteiger partial charge in [0.2, 0.25) is 0 Å². The summed E-state index contributed by atoms with van der Waals surface area (Å²) in [5.41, 5.74) is 0.468. The maximum atomic E-state index is 13.7. The van der Waals surface area contributed by atoms with Gasteiger partial charge in [-0.2, -0.15) is 5.10 Å². The van der Waals surface area contributed by atoms with Gasteiger partial charge in [-0.3, -0.25) is 9.40 Å². The second kappa shape index (κ2) is 6.94. The summed E-state index contributed by atoms with van der Waals surface area (Å²) < 4.78 is 47.3. The molecule has 1 aromatic heterocycles. The molecule has 0 aliphatic heterocycles. The molecule has 0 aliphatic carbocycles.